The monoisotopic (exact) mass is 410 g/mol. The third-order valence-electron chi connectivity index (χ3n) is 4.22. The van der Waals surface area contributed by atoms with Crippen LogP contribution in [0.15, 0.2) is 60.7 Å². The third-order valence-corrected chi connectivity index (χ3v) is 5.38. The van der Waals surface area contributed by atoms with Crippen molar-refractivity contribution in [2.24, 2.45) is 0 Å². The zero-order valence-corrected chi connectivity index (χ0v) is 16.8. The van der Waals surface area contributed by atoms with E-state index in [1.54, 1.807) is 19.2 Å². The maximum absolute atomic E-state index is 12.5. The van der Waals surface area contributed by atoms with Crippen molar-refractivity contribution in [2.45, 2.75) is 6.42 Å². The number of ether oxygens (including phenoxy) is 1. The summed E-state index contributed by atoms with van der Waals surface area (Å²) in [6.45, 7) is 0.826. The first-order chi connectivity index (χ1) is 14.1. The van der Waals surface area contributed by atoms with E-state index in [-0.39, 0.29) is 17.6 Å². The fraction of sp³-hybridized carbons (Fsp3) is 0.182. The summed E-state index contributed by atoms with van der Waals surface area (Å²) in [5, 5.41) is 15.0. The summed E-state index contributed by atoms with van der Waals surface area (Å²) in [6.07, 6.45) is 0.579. The lowest BCUT2D eigenvalue weighted by Gasteiger charge is -2.07. The number of benzene rings is 2. The first-order valence-corrected chi connectivity index (χ1v) is 9.99. The number of hydrogen-bond acceptors (Lipinski definition) is 5. The first-order valence-electron chi connectivity index (χ1n) is 9.17. The molecule has 0 atom stereocenters. The van der Waals surface area contributed by atoms with Crippen LogP contribution in [-0.4, -0.2) is 37.1 Å². The van der Waals surface area contributed by atoms with Crippen LogP contribution in [0, 0.1) is 0 Å². The fourth-order valence-electron chi connectivity index (χ4n) is 2.75. The maximum atomic E-state index is 12.5. The van der Waals surface area contributed by atoms with E-state index in [1.807, 2.05) is 36.4 Å². The highest BCUT2D eigenvalue weighted by atomic mass is 32.1. The minimum absolute atomic E-state index is 0.0460. The van der Waals surface area contributed by atoms with Crippen molar-refractivity contribution in [1.29, 1.82) is 0 Å². The van der Waals surface area contributed by atoms with E-state index >= 15 is 0 Å². The summed E-state index contributed by atoms with van der Waals surface area (Å²) < 4.78 is 5.36. The topological polar surface area (TPSA) is 87.7 Å². The molecule has 0 saturated carbocycles. The van der Waals surface area contributed by atoms with Gasteiger partial charge >= 0.3 is 0 Å². The molecule has 150 valence electrons. The molecule has 29 heavy (non-hydrogen) atoms. The Labute approximate surface area is 173 Å². The van der Waals surface area contributed by atoms with Gasteiger partial charge < -0.3 is 20.5 Å². The van der Waals surface area contributed by atoms with Crippen molar-refractivity contribution in [3.63, 3.8) is 0 Å². The highest BCUT2D eigenvalue weighted by molar-refractivity contribution is 7.17. The number of aromatic hydroxyl groups is 1. The number of nitrogens with one attached hydrogen (secondary N) is 2. The molecule has 0 saturated heterocycles. The molecule has 2 amide bonds. The van der Waals surface area contributed by atoms with E-state index in [0.29, 0.717) is 35.7 Å². The standard InChI is InChI=1S/C22H22N2O4S/c1-28-18-14-19(15-7-3-2-4-8-15)29-20(18)22(27)24-12-6-11-23-21(26)16-9-5-10-17(25)13-16/h2-5,7-10,13-14,25H,6,11-12H2,1H3,(H,23,26)(H,24,27). The number of phenolic OH excluding ortho intramolecular Hbond substituents is 1. The smallest absolute Gasteiger partial charge is 0.265 e. The van der Waals surface area contributed by atoms with Gasteiger partial charge in [-0.15, -0.1) is 11.3 Å². The predicted octanol–water partition coefficient (Wildman–Crippen LogP) is 3.68. The summed E-state index contributed by atoms with van der Waals surface area (Å²) in [5.74, 6) is 0.126. The van der Waals surface area contributed by atoms with Crippen LogP contribution in [0.5, 0.6) is 11.5 Å². The normalized spacial score (nSPS) is 10.4. The Balaban J connectivity index is 1.49. The Morgan fingerprint density at radius 3 is 2.38 bits per heavy atom. The molecule has 6 nitrogen and oxygen atoms in total. The van der Waals surface area contributed by atoms with Gasteiger partial charge in [-0.3, -0.25) is 9.59 Å². The quantitative estimate of drug-likeness (QED) is 0.495. The average Bonchev–Trinajstić information content (AvgIpc) is 3.18. The number of thiophene rings is 1. The lowest BCUT2D eigenvalue weighted by atomic mass is 10.2. The van der Waals surface area contributed by atoms with Gasteiger partial charge in [0.05, 0.1) is 7.11 Å². The van der Waals surface area contributed by atoms with E-state index in [1.165, 1.54) is 23.5 Å². The molecule has 1 heterocycles. The molecule has 3 aromatic rings. The van der Waals surface area contributed by atoms with E-state index in [4.69, 9.17) is 4.74 Å². The van der Waals surface area contributed by atoms with Crippen LogP contribution in [0.2, 0.25) is 0 Å². The molecule has 2 aromatic carbocycles. The van der Waals surface area contributed by atoms with E-state index < -0.39 is 0 Å². The van der Waals surface area contributed by atoms with Crippen molar-refractivity contribution >= 4 is 23.2 Å². The molecular weight excluding hydrogens is 388 g/mol. The van der Waals surface area contributed by atoms with Gasteiger partial charge in [0, 0.05) is 23.5 Å². The number of amides is 2. The Bertz CT molecular complexity index is 985. The maximum Gasteiger partial charge on any atom is 0.265 e. The minimum atomic E-state index is -0.264. The van der Waals surface area contributed by atoms with Crippen LogP contribution in [0.3, 0.4) is 0 Å². The second-order valence-corrected chi connectivity index (χ2v) is 7.34. The zero-order valence-electron chi connectivity index (χ0n) is 16.0. The number of carbonyl (C=O) groups is 2. The van der Waals surface area contributed by atoms with Gasteiger partial charge in [0.15, 0.2) is 0 Å². The lowest BCUT2D eigenvalue weighted by Crippen LogP contribution is -2.29. The molecule has 0 bridgehead atoms. The van der Waals surface area contributed by atoms with Gasteiger partial charge in [-0.05, 0) is 36.2 Å². The Morgan fingerprint density at radius 2 is 1.69 bits per heavy atom. The van der Waals surface area contributed by atoms with Gasteiger partial charge in [0.1, 0.15) is 16.4 Å². The van der Waals surface area contributed by atoms with Crippen molar-refractivity contribution in [2.75, 3.05) is 20.2 Å². The van der Waals surface area contributed by atoms with Crippen LogP contribution in [-0.2, 0) is 0 Å². The van der Waals surface area contributed by atoms with Crippen LogP contribution in [0.25, 0.3) is 10.4 Å². The molecule has 3 N–H and O–H groups in total. The summed E-state index contributed by atoms with van der Waals surface area (Å²) in [4.78, 5) is 26.0. The number of rotatable bonds is 8. The van der Waals surface area contributed by atoms with Gasteiger partial charge in [0.2, 0.25) is 0 Å². The zero-order chi connectivity index (χ0) is 20.6. The summed E-state index contributed by atoms with van der Waals surface area (Å²) >= 11 is 1.38. The molecule has 0 aliphatic rings. The van der Waals surface area contributed by atoms with Crippen LogP contribution >= 0.6 is 11.3 Å². The van der Waals surface area contributed by atoms with E-state index in [0.717, 1.165) is 10.4 Å². The number of hydrogen-bond donors (Lipinski definition) is 3. The first kappa shape index (κ1) is 20.4. The number of carbonyl (C=O) groups excluding carboxylic acids is 2. The van der Waals surface area contributed by atoms with Crippen molar-refractivity contribution < 1.29 is 19.4 Å². The lowest BCUT2D eigenvalue weighted by molar-refractivity contribution is 0.0952. The molecule has 0 aliphatic carbocycles. The van der Waals surface area contributed by atoms with Crippen molar-refractivity contribution in [3.8, 4) is 21.9 Å². The second kappa shape index (κ2) is 9.75. The Morgan fingerprint density at radius 1 is 0.966 bits per heavy atom. The Kier molecular flexibility index (Phi) is 6.86. The number of methoxy groups -OCH3 is 1. The van der Waals surface area contributed by atoms with Crippen molar-refractivity contribution in [3.05, 3.63) is 71.1 Å². The van der Waals surface area contributed by atoms with Gasteiger partial charge in [-0.1, -0.05) is 36.4 Å². The molecular formula is C22H22N2O4S. The Hall–Kier alpha value is -3.32. The highest BCUT2D eigenvalue weighted by Gasteiger charge is 2.17. The van der Waals surface area contributed by atoms with E-state index in [2.05, 4.69) is 10.6 Å². The summed E-state index contributed by atoms with van der Waals surface area (Å²) in [6, 6.07) is 17.8. The molecule has 1 aromatic heterocycles. The van der Waals surface area contributed by atoms with Gasteiger partial charge in [-0.2, -0.15) is 0 Å². The highest BCUT2D eigenvalue weighted by Crippen LogP contribution is 2.36. The molecule has 0 fully saturated rings. The van der Waals surface area contributed by atoms with E-state index in [9.17, 15) is 14.7 Å². The largest absolute Gasteiger partial charge is 0.508 e. The van der Waals surface area contributed by atoms with Crippen LogP contribution in [0.1, 0.15) is 26.5 Å². The van der Waals surface area contributed by atoms with Crippen LogP contribution < -0.4 is 15.4 Å². The third kappa shape index (κ3) is 5.36. The summed E-state index contributed by atoms with van der Waals surface area (Å²) in [7, 11) is 1.55. The van der Waals surface area contributed by atoms with Crippen molar-refractivity contribution in [1.82, 2.24) is 10.6 Å². The SMILES string of the molecule is COc1cc(-c2ccccc2)sc1C(=O)NCCCNC(=O)c1cccc(O)c1. The molecule has 0 unspecified atom stereocenters. The van der Waals surface area contributed by atoms with Gasteiger partial charge in [-0.25, -0.2) is 0 Å². The van der Waals surface area contributed by atoms with Crippen LogP contribution in [0.4, 0.5) is 0 Å². The molecule has 0 spiro atoms. The average molecular weight is 410 g/mol. The molecule has 0 aliphatic heterocycles. The fourth-order valence-corrected chi connectivity index (χ4v) is 3.80. The second-order valence-electron chi connectivity index (χ2n) is 6.29. The molecule has 3 rings (SSSR count). The number of phenols is 1. The molecule has 0 radical (unpaired) electrons. The minimum Gasteiger partial charge on any atom is -0.508 e. The summed E-state index contributed by atoms with van der Waals surface area (Å²) in [5.41, 5.74) is 1.43. The van der Waals surface area contributed by atoms with Gasteiger partial charge in [0.25, 0.3) is 11.8 Å². The predicted molar refractivity (Wildman–Crippen MR) is 114 cm³/mol. The molecule has 7 heteroatoms.